The molecule has 0 spiro atoms. The van der Waals surface area contributed by atoms with E-state index in [0.29, 0.717) is 0 Å². The topological polar surface area (TPSA) is 74.7 Å². The minimum absolute atomic E-state index is 0.215. The minimum atomic E-state index is -0.517. The summed E-state index contributed by atoms with van der Waals surface area (Å²) in [5.74, 6) is 0.206. The second-order valence-corrected chi connectivity index (χ2v) is 8.33. The van der Waals surface area contributed by atoms with Gasteiger partial charge in [-0.3, -0.25) is 15.0 Å². The summed E-state index contributed by atoms with van der Waals surface area (Å²) < 4.78 is 13.2. The molecule has 2 saturated heterocycles. The summed E-state index contributed by atoms with van der Waals surface area (Å²) in [6.45, 7) is 7.27. The first-order valence-corrected chi connectivity index (χ1v) is 10.5. The van der Waals surface area contributed by atoms with E-state index in [9.17, 15) is 14.0 Å². The number of halogens is 1. The first-order chi connectivity index (χ1) is 14.9. The summed E-state index contributed by atoms with van der Waals surface area (Å²) in [5.41, 5.74) is 2.09. The summed E-state index contributed by atoms with van der Waals surface area (Å²) in [4.78, 5) is 39.2. The summed E-state index contributed by atoms with van der Waals surface area (Å²) in [5, 5.41) is 2.40. The number of likely N-dealkylation sites (N-methyl/N-ethyl adjacent to an activating group) is 1. The highest BCUT2D eigenvalue weighted by Gasteiger charge is 2.51. The molecule has 5 rings (SSSR count). The molecule has 3 amide bonds. The molecule has 4 aliphatic rings. The van der Waals surface area contributed by atoms with Crippen LogP contribution in [-0.4, -0.2) is 96.0 Å². The van der Waals surface area contributed by atoms with Crippen molar-refractivity contribution in [2.45, 2.75) is 19.1 Å². The number of piperazine rings is 1. The number of fused-ring (bicyclic) bond motifs is 3. The number of guanidine groups is 1. The van der Waals surface area contributed by atoms with Crippen LogP contribution in [0.3, 0.4) is 0 Å². The van der Waals surface area contributed by atoms with E-state index in [2.05, 4.69) is 20.0 Å². The van der Waals surface area contributed by atoms with Crippen LogP contribution >= 0.6 is 0 Å². The zero-order chi connectivity index (χ0) is 21.7. The fraction of sp³-hybridized carbons (Fsp3) is 0.476. The highest BCUT2D eigenvalue weighted by Crippen LogP contribution is 2.31. The highest BCUT2D eigenvalue weighted by atomic mass is 19.1. The number of imide groups is 1. The third-order valence-corrected chi connectivity index (χ3v) is 6.47. The van der Waals surface area contributed by atoms with Crippen LogP contribution in [0.25, 0.3) is 0 Å². The standard InChI is InChI=1S/C21H26FN7O2/c1-14-13-29-17-18(25(2)21(31)24-19(17)30)23-20(29)28(14)12-9-26-7-10-27(11-8-26)16-5-3-15(22)4-6-16/h3-6,13,17-18H,7-12H2,1-2H3,(H,24,30,31). The molecule has 4 aliphatic heterocycles. The van der Waals surface area contributed by atoms with Gasteiger partial charge < -0.3 is 19.6 Å². The molecule has 0 aromatic heterocycles. The number of amides is 3. The fourth-order valence-corrected chi connectivity index (χ4v) is 4.65. The number of nitrogens with zero attached hydrogens (tertiary/aromatic N) is 6. The summed E-state index contributed by atoms with van der Waals surface area (Å²) in [6.07, 6.45) is 1.45. The maximum atomic E-state index is 13.2. The molecule has 2 atom stereocenters. The lowest BCUT2D eigenvalue weighted by atomic mass is 10.1. The molecule has 164 valence electrons. The van der Waals surface area contributed by atoms with Crippen LogP contribution in [0.1, 0.15) is 6.92 Å². The number of benzene rings is 1. The van der Waals surface area contributed by atoms with Crippen molar-refractivity contribution in [3.8, 4) is 0 Å². The predicted molar refractivity (Wildman–Crippen MR) is 114 cm³/mol. The number of anilines is 1. The number of urea groups is 1. The number of carbonyl (C=O) groups excluding carboxylic acids is 2. The van der Waals surface area contributed by atoms with Gasteiger partial charge in [-0.2, -0.15) is 0 Å². The van der Waals surface area contributed by atoms with E-state index in [0.717, 1.165) is 56.6 Å². The van der Waals surface area contributed by atoms with Gasteiger partial charge in [0.25, 0.3) is 5.91 Å². The Hall–Kier alpha value is -3.14. The number of hydrogen-bond donors (Lipinski definition) is 1. The molecule has 0 radical (unpaired) electrons. The molecule has 4 heterocycles. The SMILES string of the molecule is CC1=CN2C(=NC3C2C(=O)NC(=O)N3C)N1CCN1CCN(c2ccc(F)cc2)CC1. The van der Waals surface area contributed by atoms with E-state index < -0.39 is 18.2 Å². The Labute approximate surface area is 180 Å². The molecular weight excluding hydrogens is 401 g/mol. The smallest absolute Gasteiger partial charge is 0.325 e. The lowest BCUT2D eigenvalue weighted by molar-refractivity contribution is -0.126. The molecule has 9 nitrogen and oxygen atoms in total. The number of rotatable bonds is 4. The first-order valence-electron chi connectivity index (χ1n) is 10.5. The number of carbonyl (C=O) groups is 2. The van der Waals surface area contributed by atoms with Gasteiger partial charge in [0, 0.05) is 63.9 Å². The molecule has 31 heavy (non-hydrogen) atoms. The van der Waals surface area contributed by atoms with Crippen molar-refractivity contribution in [2.24, 2.45) is 4.99 Å². The quantitative estimate of drug-likeness (QED) is 0.762. The van der Waals surface area contributed by atoms with E-state index in [1.54, 1.807) is 7.05 Å². The van der Waals surface area contributed by atoms with E-state index in [1.807, 2.05) is 30.2 Å². The Kier molecular flexibility index (Phi) is 4.81. The maximum absolute atomic E-state index is 13.2. The van der Waals surface area contributed by atoms with Gasteiger partial charge in [0.15, 0.2) is 12.2 Å². The monoisotopic (exact) mass is 427 g/mol. The van der Waals surface area contributed by atoms with Crippen molar-refractivity contribution in [3.63, 3.8) is 0 Å². The number of hydrogen-bond acceptors (Lipinski definition) is 7. The van der Waals surface area contributed by atoms with Gasteiger partial charge in [0.1, 0.15) is 5.82 Å². The van der Waals surface area contributed by atoms with Gasteiger partial charge in [-0.25, -0.2) is 14.2 Å². The Balaban J connectivity index is 1.20. The average molecular weight is 427 g/mol. The number of aliphatic imine (C=N–C) groups is 1. The Bertz CT molecular complexity index is 955. The largest absolute Gasteiger partial charge is 0.369 e. The lowest BCUT2D eigenvalue weighted by Gasteiger charge is -2.37. The molecule has 2 unspecified atom stereocenters. The van der Waals surface area contributed by atoms with Crippen molar-refractivity contribution < 1.29 is 14.0 Å². The third kappa shape index (κ3) is 3.40. The Morgan fingerprint density at radius 1 is 1.10 bits per heavy atom. The van der Waals surface area contributed by atoms with Gasteiger partial charge in [-0.15, -0.1) is 0 Å². The molecule has 0 aliphatic carbocycles. The van der Waals surface area contributed by atoms with Crippen molar-refractivity contribution >= 4 is 23.6 Å². The summed E-state index contributed by atoms with van der Waals surface area (Å²) in [6, 6.07) is 5.73. The van der Waals surface area contributed by atoms with Crippen LogP contribution in [0.5, 0.6) is 0 Å². The van der Waals surface area contributed by atoms with Crippen molar-refractivity contribution in [3.05, 3.63) is 42.0 Å². The highest BCUT2D eigenvalue weighted by molar-refractivity contribution is 6.04. The summed E-state index contributed by atoms with van der Waals surface area (Å²) >= 11 is 0. The van der Waals surface area contributed by atoms with Crippen LogP contribution in [-0.2, 0) is 4.79 Å². The van der Waals surface area contributed by atoms with Gasteiger partial charge in [-0.05, 0) is 31.2 Å². The van der Waals surface area contributed by atoms with Crippen LogP contribution in [0.4, 0.5) is 14.9 Å². The molecule has 10 heteroatoms. The van der Waals surface area contributed by atoms with E-state index in [1.165, 1.54) is 17.0 Å². The zero-order valence-electron chi connectivity index (χ0n) is 17.7. The van der Waals surface area contributed by atoms with E-state index in [-0.39, 0.29) is 11.7 Å². The lowest BCUT2D eigenvalue weighted by Crippen LogP contribution is -2.62. The predicted octanol–water partition coefficient (Wildman–Crippen LogP) is 0.673. The molecule has 2 fully saturated rings. The molecular formula is C21H26FN7O2. The average Bonchev–Trinajstić information content (AvgIpc) is 3.27. The van der Waals surface area contributed by atoms with Crippen LogP contribution < -0.4 is 10.2 Å². The number of allylic oxidation sites excluding steroid dienone is 1. The normalized spacial score (nSPS) is 26.0. The van der Waals surface area contributed by atoms with Gasteiger partial charge in [0.2, 0.25) is 5.96 Å². The fourth-order valence-electron chi connectivity index (χ4n) is 4.65. The number of nitrogens with one attached hydrogen (secondary N) is 1. The van der Waals surface area contributed by atoms with E-state index >= 15 is 0 Å². The second-order valence-electron chi connectivity index (χ2n) is 8.33. The summed E-state index contributed by atoms with van der Waals surface area (Å²) in [7, 11) is 1.66. The molecule has 1 aromatic carbocycles. The van der Waals surface area contributed by atoms with E-state index in [4.69, 9.17) is 4.99 Å². The maximum Gasteiger partial charge on any atom is 0.325 e. The molecule has 0 saturated carbocycles. The first kappa shape index (κ1) is 19.8. The Morgan fingerprint density at radius 3 is 2.52 bits per heavy atom. The zero-order valence-corrected chi connectivity index (χ0v) is 17.7. The van der Waals surface area contributed by atoms with Crippen LogP contribution in [0.2, 0.25) is 0 Å². The van der Waals surface area contributed by atoms with Crippen molar-refractivity contribution in [1.82, 2.24) is 24.9 Å². The van der Waals surface area contributed by atoms with Crippen LogP contribution in [0.15, 0.2) is 41.2 Å². The van der Waals surface area contributed by atoms with Gasteiger partial charge in [0.05, 0.1) is 0 Å². The molecule has 1 aromatic rings. The second kappa shape index (κ2) is 7.52. The van der Waals surface area contributed by atoms with Crippen molar-refractivity contribution in [2.75, 3.05) is 51.2 Å². The van der Waals surface area contributed by atoms with Gasteiger partial charge in [-0.1, -0.05) is 0 Å². The minimum Gasteiger partial charge on any atom is -0.369 e. The van der Waals surface area contributed by atoms with Gasteiger partial charge >= 0.3 is 6.03 Å². The van der Waals surface area contributed by atoms with Crippen LogP contribution in [0, 0.1) is 5.82 Å². The Morgan fingerprint density at radius 2 is 1.81 bits per heavy atom. The molecule has 0 bridgehead atoms. The third-order valence-electron chi connectivity index (χ3n) is 6.47. The molecule has 1 N–H and O–H groups in total. The van der Waals surface area contributed by atoms with Crippen molar-refractivity contribution in [1.29, 1.82) is 0 Å².